The number of nitrogens with one attached hydrogen (secondary N) is 2. The third-order valence-corrected chi connectivity index (χ3v) is 4.75. The first-order valence-corrected chi connectivity index (χ1v) is 8.71. The molecule has 2 rings (SSSR count). The van der Waals surface area contributed by atoms with Gasteiger partial charge >= 0.3 is 0 Å². The van der Waals surface area contributed by atoms with E-state index in [0.717, 1.165) is 23.2 Å². The summed E-state index contributed by atoms with van der Waals surface area (Å²) in [7, 11) is 1.78. The number of nitrogens with zero attached hydrogens (tertiary/aromatic N) is 2. The van der Waals surface area contributed by atoms with Gasteiger partial charge in [-0.3, -0.25) is 4.99 Å². The number of benzene rings is 1. The number of guanidine groups is 1. The predicted octanol–water partition coefficient (Wildman–Crippen LogP) is 3.61. The van der Waals surface area contributed by atoms with Crippen molar-refractivity contribution in [2.24, 2.45) is 4.99 Å². The van der Waals surface area contributed by atoms with Crippen LogP contribution in [-0.4, -0.2) is 18.0 Å². The monoisotopic (exact) mass is 330 g/mol. The summed E-state index contributed by atoms with van der Waals surface area (Å²) in [5.74, 6) is 0.788. The van der Waals surface area contributed by atoms with Crippen LogP contribution in [0.1, 0.15) is 42.6 Å². The standard InChI is InChI=1S/C18H26N4S/c1-13-6-8-14(9-7-13)10-20-17(19-5)21-11-15-12-23-16(22-15)18(2,3)4/h6-9,12H,10-11H2,1-5H3,(H2,19,20,21). The van der Waals surface area contributed by atoms with Crippen LogP contribution in [0.4, 0.5) is 0 Å². The second-order valence-electron chi connectivity index (χ2n) is 6.66. The predicted molar refractivity (Wildman–Crippen MR) is 99.0 cm³/mol. The van der Waals surface area contributed by atoms with Gasteiger partial charge in [-0.25, -0.2) is 4.98 Å². The number of aliphatic imine (C=N–C) groups is 1. The van der Waals surface area contributed by atoms with Gasteiger partial charge in [0.05, 0.1) is 17.2 Å². The average molecular weight is 331 g/mol. The zero-order valence-electron chi connectivity index (χ0n) is 14.6. The molecule has 1 heterocycles. The van der Waals surface area contributed by atoms with Crippen LogP contribution < -0.4 is 10.6 Å². The van der Waals surface area contributed by atoms with Gasteiger partial charge in [0.1, 0.15) is 0 Å². The van der Waals surface area contributed by atoms with Crippen LogP contribution in [0.25, 0.3) is 0 Å². The molecule has 0 saturated heterocycles. The van der Waals surface area contributed by atoms with E-state index in [2.05, 4.69) is 78.0 Å². The minimum atomic E-state index is 0.105. The SMILES string of the molecule is CN=C(NCc1ccc(C)cc1)NCc1csc(C(C)(C)C)n1. The van der Waals surface area contributed by atoms with Crippen molar-refractivity contribution in [2.45, 2.75) is 46.2 Å². The van der Waals surface area contributed by atoms with Crippen LogP contribution in [0.5, 0.6) is 0 Å². The number of rotatable bonds is 4. The Bertz CT molecular complexity index is 650. The van der Waals surface area contributed by atoms with Crippen LogP contribution in [-0.2, 0) is 18.5 Å². The fraction of sp³-hybridized carbons (Fsp3) is 0.444. The molecule has 1 aromatic heterocycles. The van der Waals surface area contributed by atoms with E-state index < -0.39 is 0 Å². The minimum absolute atomic E-state index is 0.105. The maximum absolute atomic E-state index is 4.69. The molecule has 0 fully saturated rings. The molecule has 4 nitrogen and oxygen atoms in total. The van der Waals surface area contributed by atoms with Crippen LogP contribution in [0.2, 0.25) is 0 Å². The molecule has 0 unspecified atom stereocenters. The first-order valence-electron chi connectivity index (χ1n) is 7.83. The highest BCUT2D eigenvalue weighted by atomic mass is 32.1. The van der Waals surface area contributed by atoms with Gasteiger partial charge in [-0.1, -0.05) is 50.6 Å². The van der Waals surface area contributed by atoms with Crippen LogP contribution in [0, 0.1) is 6.92 Å². The van der Waals surface area contributed by atoms with E-state index in [4.69, 9.17) is 0 Å². The zero-order chi connectivity index (χ0) is 16.9. The van der Waals surface area contributed by atoms with Crippen molar-refractivity contribution < 1.29 is 0 Å². The summed E-state index contributed by atoms with van der Waals surface area (Å²) in [6.45, 7) is 10.1. The lowest BCUT2D eigenvalue weighted by Crippen LogP contribution is -2.36. The maximum Gasteiger partial charge on any atom is 0.191 e. The molecular weight excluding hydrogens is 304 g/mol. The minimum Gasteiger partial charge on any atom is -0.352 e. The van der Waals surface area contributed by atoms with Crippen LogP contribution in [0.3, 0.4) is 0 Å². The van der Waals surface area contributed by atoms with E-state index in [1.165, 1.54) is 11.1 Å². The smallest absolute Gasteiger partial charge is 0.191 e. The first-order chi connectivity index (χ1) is 10.9. The molecule has 0 aliphatic carbocycles. The molecule has 0 amide bonds. The summed E-state index contributed by atoms with van der Waals surface area (Å²) < 4.78 is 0. The Morgan fingerprint density at radius 1 is 1.13 bits per heavy atom. The van der Waals surface area contributed by atoms with E-state index in [0.29, 0.717) is 6.54 Å². The molecule has 2 N–H and O–H groups in total. The van der Waals surface area contributed by atoms with E-state index in [-0.39, 0.29) is 5.41 Å². The van der Waals surface area contributed by atoms with Gasteiger partial charge in [-0.05, 0) is 12.5 Å². The molecule has 0 aliphatic rings. The van der Waals surface area contributed by atoms with Crippen molar-refractivity contribution in [3.8, 4) is 0 Å². The molecular formula is C18H26N4S. The van der Waals surface area contributed by atoms with Gasteiger partial charge in [0.15, 0.2) is 5.96 Å². The average Bonchev–Trinajstić information content (AvgIpc) is 2.98. The van der Waals surface area contributed by atoms with Crippen molar-refractivity contribution in [2.75, 3.05) is 7.05 Å². The Balaban J connectivity index is 1.85. The molecule has 0 saturated carbocycles. The molecule has 0 aliphatic heterocycles. The molecule has 2 aromatic rings. The van der Waals surface area contributed by atoms with Crippen molar-refractivity contribution in [1.29, 1.82) is 0 Å². The lowest BCUT2D eigenvalue weighted by Gasteiger charge is -2.14. The summed E-state index contributed by atoms with van der Waals surface area (Å²) >= 11 is 1.72. The van der Waals surface area contributed by atoms with Gasteiger partial charge in [0.25, 0.3) is 0 Å². The molecule has 5 heteroatoms. The molecule has 23 heavy (non-hydrogen) atoms. The second kappa shape index (κ2) is 7.59. The largest absolute Gasteiger partial charge is 0.352 e. The first kappa shape index (κ1) is 17.5. The fourth-order valence-corrected chi connectivity index (χ4v) is 2.93. The molecule has 0 atom stereocenters. The Morgan fingerprint density at radius 3 is 2.35 bits per heavy atom. The van der Waals surface area contributed by atoms with Crippen molar-refractivity contribution >= 4 is 17.3 Å². The summed E-state index contributed by atoms with van der Waals surface area (Å²) in [4.78, 5) is 8.95. The van der Waals surface area contributed by atoms with Crippen LogP contribution in [0.15, 0.2) is 34.6 Å². The van der Waals surface area contributed by atoms with E-state index in [1.54, 1.807) is 18.4 Å². The molecule has 124 valence electrons. The fourth-order valence-electron chi connectivity index (χ4n) is 2.02. The number of aromatic nitrogens is 1. The number of hydrogen-bond donors (Lipinski definition) is 2. The van der Waals surface area contributed by atoms with Gasteiger partial charge in [-0.15, -0.1) is 11.3 Å². The van der Waals surface area contributed by atoms with Gasteiger partial charge < -0.3 is 10.6 Å². The Kier molecular flexibility index (Phi) is 5.77. The topological polar surface area (TPSA) is 49.3 Å². The lowest BCUT2D eigenvalue weighted by molar-refractivity contribution is 0.582. The quantitative estimate of drug-likeness (QED) is 0.665. The van der Waals surface area contributed by atoms with Gasteiger partial charge in [-0.2, -0.15) is 0 Å². The second-order valence-corrected chi connectivity index (χ2v) is 7.52. The number of aryl methyl sites for hydroxylation is 1. The third-order valence-electron chi connectivity index (χ3n) is 3.43. The summed E-state index contributed by atoms with van der Waals surface area (Å²) in [6.07, 6.45) is 0. The Labute approximate surface area is 143 Å². The van der Waals surface area contributed by atoms with Crippen molar-refractivity contribution in [1.82, 2.24) is 15.6 Å². The number of hydrogen-bond acceptors (Lipinski definition) is 3. The third kappa shape index (κ3) is 5.36. The normalized spacial score (nSPS) is 12.3. The summed E-state index contributed by atoms with van der Waals surface area (Å²) in [5, 5.41) is 9.92. The van der Waals surface area contributed by atoms with Gasteiger partial charge in [0.2, 0.25) is 0 Å². The molecule has 0 spiro atoms. The van der Waals surface area contributed by atoms with E-state index >= 15 is 0 Å². The number of thiazole rings is 1. The Morgan fingerprint density at radius 2 is 1.78 bits per heavy atom. The highest BCUT2D eigenvalue weighted by molar-refractivity contribution is 7.09. The van der Waals surface area contributed by atoms with Crippen molar-refractivity contribution in [3.05, 3.63) is 51.5 Å². The van der Waals surface area contributed by atoms with Crippen LogP contribution >= 0.6 is 11.3 Å². The van der Waals surface area contributed by atoms with Crippen molar-refractivity contribution in [3.63, 3.8) is 0 Å². The highest BCUT2D eigenvalue weighted by Gasteiger charge is 2.17. The molecule has 0 radical (unpaired) electrons. The van der Waals surface area contributed by atoms with Gasteiger partial charge in [0, 0.05) is 24.4 Å². The maximum atomic E-state index is 4.69. The lowest BCUT2D eigenvalue weighted by atomic mass is 9.98. The summed E-state index contributed by atoms with van der Waals surface area (Å²) in [5.41, 5.74) is 3.67. The zero-order valence-corrected chi connectivity index (χ0v) is 15.4. The van der Waals surface area contributed by atoms with E-state index in [9.17, 15) is 0 Å². The molecule has 1 aromatic carbocycles. The molecule has 0 bridgehead atoms. The summed E-state index contributed by atoms with van der Waals surface area (Å²) in [6, 6.07) is 8.50. The Hall–Kier alpha value is -1.88. The highest BCUT2D eigenvalue weighted by Crippen LogP contribution is 2.25. The van der Waals surface area contributed by atoms with E-state index in [1.807, 2.05) is 0 Å².